The molecule has 2 aromatic rings. The van der Waals surface area contributed by atoms with Crippen LogP contribution in [0, 0.1) is 10.1 Å². The highest BCUT2D eigenvalue weighted by atomic mass is 79.9. The maximum Gasteiger partial charge on any atom is 0.328 e. The van der Waals surface area contributed by atoms with Crippen LogP contribution in [0.1, 0.15) is 18.1 Å². The molecule has 1 heterocycles. The van der Waals surface area contributed by atoms with Crippen molar-refractivity contribution < 1.29 is 19.2 Å². The Balaban J connectivity index is 1.76. The lowest BCUT2D eigenvalue weighted by Gasteiger charge is -2.12. The zero-order valence-corrected chi connectivity index (χ0v) is 18.3. The molecule has 1 aliphatic heterocycles. The first-order valence-electron chi connectivity index (χ1n) is 8.50. The molecule has 29 heavy (non-hydrogen) atoms. The van der Waals surface area contributed by atoms with Crippen molar-refractivity contribution in [2.45, 2.75) is 13.5 Å². The normalized spacial score (nSPS) is 15.0. The molecule has 2 aromatic carbocycles. The number of ether oxygens (including phenoxy) is 1. The molecule has 0 bridgehead atoms. The molecule has 10 heteroatoms. The highest BCUT2D eigenvalue weighted by Gasteiger charge is 2.32. The quantitative estimate of drug-likeness (QED) is 0.257. The van der Waals surface area contributed by atoms with Gasteiger partial charge in [-0.1, -0.05) is 0 Å². The van der Waals surface area contributed by atoms with Gasteiger partial charge in [0.25, 0.3) is 11.6 Å². The van der Waals surface area contributed by atoms with Gasteiger partial charge in [-0.3, -0.25) is 19.8 Å². The third kappa shape index (κ3) is 4.65. The third-order valence-electron chi connectivity index (χ3n) is 4.14. The highest BCUT2D eigenvalue weighted by molar-refractivity contribution is 9.11. The van der Waals surface area contributed by atoms with Crippen molar-refractivity contribution >= 4 is 55.6 Å². The molecule has 8 nitrogen and oxygen atoms in total. The van der Waals surface area contributed by atoms with Crippen LogP contribution in [0.4, 0.5) is 10.5 Å². The molecule has 0 atom stereocenters. The van der Waals surface area contributed by atoms with Crippen LogP contribution < -0.4 is 10.1 Å². The van der Waals surface area contributed by atoms with E-state index in [2.05, 4.69) is 37.2 Å². The predicted octanol–water partition coefficient (Wildman–Crippen LogP) is 4.61. The Morgan fingerprint density at radius 3 is 2.31 bits per heavy atom. The molecule has 0 aromatic heterocycles. The molecule has 1 N–H and O–H groups in total. The van der Waals surface area contributed by atoms with Crippen LogP contribution in [0.25, 0.3) is 6.08 Å². The summed E-state index contributed by atoms with van der Waals surface area (Å²) in [6, 6.07) is 9.19. The van der Waals surface area contributed by atoms with Gasteiger partial charge in [0.05, 0.1) is 13.9 Å². The van der Waals surface area contributed by atoms with Crippen LogP contribution in [0.3, 0.4) is 0 Å². The van der Waals surface area contributed by atoms with Gasteiger partial charge in [0.15, 0.2) is 0 Å². The van der Waals surface area contributed by atoms with Crippen molar-refractivity contribution in [2.75, 3.05) is 6.54 Å². The molecule has 0 spiro atoms. The van der Waals surface area contributed by atoms with Crippen molar-refractivity contribution in [3.8, 4) is 5.75 Å². The average Bonchev–Trinajstić information content (AvgIpc) is 2.94. The van der Waals surface area contributed by atoms with Crippen molar-refractivity contribution in [3.63, 3.8) is 0 Å². The van der Waals surface area contributed by atoms with E-state index >= 15 is 0 Å². The van der Waals surface area contributed by atoms with Gasteiger partial charge in [0.1, 0.15) is 18.1 Å². The van der Waals surface area contributed by atoms with E-state index in [1.165, 1.54) is 12.1 Å². The van der Waals surface area contributed by atoms with Crippen LogP contribution in [0.2, 0.25) is 0 Å². The zero-order valence-electron chi connectivity index (χ0n) is 15.1. The Kier molecular flexibility index (Phi) is 6.33. The minimum absolute atomic E-state index is 0.0173. The predicted molar refractivity (Wildman–Crippen MR) is 113 cm³/mol. The monoisotopic (exact) mass is 523 g/mol. The standard InChI is InChI=1S/C19H15Br2N3O5/c1-2-23-18(25)16(22-19(23)26)9-12-7-14(20)17(15(21)8-12)29-10-11-3-5-13(6-4-11)24(27)28/h3-9H,2,10H2,1H3,(H,22,26)/b16-9+. The number of hydrogen-bond donors (Lipinski definition) is 1. The van der Waals surface area contributed by atoms with Crippen molar-refractivity contribution in [1.82, 2.24) is 10.2 Å². The Morgan fingerprint density at radius 2 is 1.79 bits per heavy atom. The van der Waals surface area contributed by atoms with Crippen molar-refractivity contribution in [3.05, 3.63) is 72.3 Å². The Bertz CT molecular complexity index is 998. The van der Waals surface area contributed by atoms with Crippen LogP contribution in [0.5, 0.6) is 5.75 Å². The number of halogens is 2. The van der Waals surface area contributed by atoms with Crippen molar-refractivity contribution in [2.24, 2.45) is 0 Å². The summed E-state index contributed by atoms with van der Waals surface area (Å²) in [5, 5.41) is 13.3. The molecule has 0 saturated carbocycles. The average molecular weight is 525 g/mol. The highest BCUT2D eigenvalue weighted by Crippen LogP contribution is 2.36. The second kappa shape index (κ2) is 8.75. The summed E-state index contributed by atoms with van der Waals surface area (Å²) in [7, 11) is 0. The van der Waals surface area contributed by atoms with E-state index in [0.717, 1.165) is 10.5 Å². The number of urea groups is 1. The number of amides is 3. The molecular weight excluding hydrogens is 510 g/mol. The molecular formula is C19H15Br2N3O5. The lowest BCUT2D eigenvalue weighted by Crippen LogP contribution is -2.30. The SMILES string of the molecule is CCN1C(=O)N/C(=C/c2cc(Br)c(OCc3ccc([N+](=O)[O-])cc3)c(Br)c2)C1=O. The molecule has 150 valence electrons. The summed E-state index contributed by atoms with van der Waals surface area (Å²) in [6.07, 6.45) is 1.59. The van der Waals surface area contributed by atoms with E-state index in [9.17, 15) is 19.7 Å². The smallest absolute Gasteiger partial charge is 0.328 e. The summed E-state index contributed by atoms with van der Waals surface area (Å²) in [5.74, 6) is 0.172. The van der Waals surface area contributed by atoms with E-state index in [0.29, 0.717) is 26.8 Å². The van der Waals surface area contributed by atoms with Crippen LogP contribution in [0.15, 0.2) is 51.0 Å². The summed E-state index contributed by atoms with van der Waals surface area (Å²) in [6.45, 7) is 2.24. The first kappa shape index (κ1) is 21.0. The third-order valence-corrected chi connectivity index (χ3v) is 5.32. The summed E-state index contributed by atoms with van der Waals surface area (Å²) >= 11 is 6.90. The van der Waals surface area contributed by atoms with Crippen LogP contribution in [-0.2, 0) is 11.4 Å². The Morgan fingerprint density at radius 1 is 1.17 bits per heavy atom. The van der Waals surface area contributed by atoms with Crippen molar-refractivity contribution in [1.29, 1.82) is 0 Å². The number of nitro groups is 1. The zero-order chi connectivity index (χ0) is 21.1. The number of carbonyl (C=O) groups excluding carboxylic acids is 2. The molecule has 1 saturated heterocycles. The van der Waals surface area contributed by atoms with Gasteiger partial charge < -0.3 is 10.1 Å². The van der Waals surface area contributed by atoms with Crippen LogP contribution in [-0.4, -0.2) is 28.3 Å². The minimum Gasteiger partial charge on any atom is -0.487 e. The number of non-ortho nitro benzene ring substituents is 1. The fraction of sp³-hybridized carbons (Fsp3) is 0.158. The van der Waals surface area contributed by atoms with Gasteiger partial charge in [-0.25, -0.2) is 4.79 Å². The number of nitrogens with zero attached hydrogens (tertiary/aromatic N) is 2. The topological polar surface area (TPSA) is 102 Å². The summed E-state index contributed by atoms with van der Waals surface area (Å²) in [5.41, 5.74) is 1.69. The number of likely N-dealkylation sites (N-methyl/N-ethyl adjacent to an activating group) is 1. The molecule has 3 rings (SSSR count). The molecule has 0 aliphatic carbocycles. The van der Waals surface area contributed by atoms with E-state index in [1.807, 2.05) is 0 Å². The second-order valence-electron chi connectivity index (χ2n) is 6.06. The number of nitrogens with one attached hydrogen (secondary N) is 1. The molecule has 1 fully saturated rings. The van der Waals surface area contributed by atoms with E-state index in [4.69, 9.17) is 4.74 Å². The summed E-state index contributed by atoms with van der Waals surface area (Å²) < 4.78 is 7.11. The maximum atomic E-state index is 12.2. The number of rotatable bonds is 6. The number of imide groups is 1. The van der Waals surface area contributed by atoms with Gasteiger partial charge in [-0.2, -0.15) is 0 Å². The van der Waals surface area contributed by atoms with E-state index < -0.39 is 11.0 Å². The molecule has 1 aliphatic rings. The summed E-state index contributed by atoms with van der Waals surface area (Å²) in [4.78, 5) is 35.3. The van der Waals surface area contributed by atoms with Gasteiger partial charge in [-0.05, 0) is 80.3 Å². The number of benzene rings is 2. The molecule has 0 radical (unpaired) electrons. The second-order valence-corrected chi connectivity index (χ2v) is 7.77. The molecule has 3 amide bonds. The van der Waals surface area contributed by atoms with Gasteiger partial charge in [-0.15, -0.1) is 0 Å². The first-order valence-corrected chi connectivity index (χ1v) is 10.1. The largest absolute Gasteiger partial charge is 0.487 e. The van der Waals surface area contributed by atoms with Gasteiger partial charge in [0, 0.05) is 18.7 Å². The van der Waals surface area contributed by atoms with Gasteiger partial charge >= 0.3 is 6.03 Å². The molecule has 0 unspecified atom stereocenters. The van der Waals surface area contributed by atoms with Crippen LogP contribution >= 0.6 is 31.9 Å². The fourth-order valence-electron chi connectivity index (χ4n) is 2.70. The fourth-order valence-corrected chi connectivity index (χ4v) is 4.15. The number of carbonyl (C=O) groups is 2. The Hall–Kier alpha value is -2.72. The lowest BCUT2D eigenvalue weighted by molar-refractivity contribution is -0.384. The first-order chi connectivity index (χ1) is 13.8. The minimum atomic E-state index is -0.456. The maximum absolute atomic E-state index is 12.2. The number of hydrogen-bond acceptors (Lipinski definition) is 5. The number of nitro benzene ring substituents is 1. The lowest BCUT2D eigenvalue weighted by atomic mass is 10.1. The van der Waals surface area contributed by atoms with E-state index in [1.54, 1.807) is 37.3 Å². The Labute approximate surface area is 182 Å². The van der Waals surface area contributed by atoms with E-state index in [-0.39, 0.29) is 23.9 Å². The van der Waals surface area contributed by atoms with Gasteiger partial charge in [0.2, 0.25) is 0 Å².